The number of carbonyl (C=O) groups is 2. The standard InChI is InChI=1S/C12H13F3N2O4/c1-21-5-9(16)10(18)17-8-3-6(11(19)20)2-7(4-8)12(13,14)15/h2-4,9H,5,16H2,1H3,(H,17,18)(H,19,20). The van der Waals surface area contributed by atoms with Crippen molar-refractivity contribution < 1.29 is 32.6 Å². The van der Waals surface area contributed by atoms with Crippen LogP contribution in [0.25, 0.3) is 0 Å². The highest BCUT2D eigenvalue weighted by Crippen LogP contribution is 2.32. The zero-order valence-electron chi connectivity index (χ0n) is 10.9. The second kappa shape index (κ2) is 6.55. The number of alkyl halides is 3. The molecule has 9 heteroatoms. The third-order valence-corrected chi connectivity index (χ3v) is 2.46. The van der Waals surface area contributed by atoms with Crippen LogP contribution in [0.3, 0.4) is 0 Å². The monoisotopic (exact) mass is 306 g/mol. The number of hydrogen-bond acceptors (Lipinski definition) is 4. The van der Waals surface area contributed by atoms with E-state index >= 15 is 0 Å². The van der Waals surface area contributed by atoms with Crippen LogP contribution >= 0.6 is 0 Å². The van der Waals surface area contributed by atoms with Gasteiger partial charge in [-0.1, -0.05) is 0 Å². The molecule has 1 aromatic rings. The Balaban J connectivity index is 3.09. The number of ether oxygens (including phenoxy) is 1. The number of carboxylic acid groups (broad SMARTS) is 1. The minimum atomic E-state index is -4.74. The zero-order chi connectivity index (χ0) is 16.2. The molecule has 0 aliphatic rings. The zero-order valence-corrected chi connectivity index (χ0v) is 10.9. The number of rotatable bonds is 5. The number of nitrogens with two attached hydrogens (primary N) is 1. The van der Waals surface area contributed by atoms with E-state index in [4.69, 9.17) is 10.8 Å². The Labute approximate surface area is 117 Å². The Morgan fingerprint density at radius 1 is 1.38 bits per heavy atom. The van der Waals surface area contributed by atoms with Crippen molar-refractivity contribution in [3.05, 3.63) is 29.3 Å². The van der Waals surface area contributed by atoms with Gasteiger partial charge in [0.1, 0.15) is 6.04 Å². The van der Waals surface area contributed by atoms with E-state index in [0.717, 1.165) is 6.07 Å². The van der Waals surface area contributed by atoms with Gasteiger partial charge in [-0.05, 0) is 18.2 Å². The van der Waals surface area contributed by atoms with E-state index in [0.29, 0.717) is 12.1 Å². The second-order valence-electron chi connectivity index (χ2n) is 4.15. The summed E-state index contributed by atoms with van der Waals surface area (Å²) in [5.41, 5.74) is 3.34. The molecular weight excluding hydrogens is 293 g/mol. The summed E-state index contributed by atoms with van der Waals surface area (Å²) in [7, 11) is 1.31. The molecule has 0 radical (unpaired) electrons. The highest BCUT2D eigenvalue weighted by atomic mass is 19.4. The fourth-order valence-corrected chi connectivity index (χ4v) is 1.48. The van der Waals surface area contributed by atoms with Crippen molar-refractivity contribution in [1.29, 1.82) is 0 Å². The van der Waals surface area contributed by atoms with Crippen LogP contribution in [0.1, 0.15) is 15.9 Å². The molecule has 0 spiro atoms. The molecule has 0 aromatic heterocycles. The average molecular weight is 306 g/mol. The van der Waals surface area contributed by atoms with Gasteiger partial charge in [-0.2, -0.15) is 13.2 Å². The summed E-state index contributed by atoms with van der Waals surface area (Å²) in [4.78, 5) is 22.4. The quantitative estimate of drug-likeness (QED) is 0.761. The van der Waals surface area contributed by atoms with E-state index < -0.39 is 35.2 Å². The SMILES string of the molecule is COCC(N)C(=O)Nc1cc(C(=O)O)cc(C(F)(F)F)c1. The van der Waals surface area contributed by atoms with Gasteiger partial charge in [0, 0.05) is 12.8 Å². The fourth-order valence-electron chi connectivity index (χ4n) is 1.48. The number of nitrogens with one attached hydrogen (secondary N) is 1. The first kappa shape index (κ1) is 16.9. The van der Waals surface area contributed by atoms with Gasteiger partial charge in [-0.15, -0.1) is 0 Å². The molecule has 0 bridgehead atoms. The fraction of sp³-hybridized carbons (Fsp3) is 0.333. The number of methoxy groups -OCH3 is 1. The molecule has 116 valence electrons. The van der Waals surface area contributed by atoms with Gasteiger partial charge in [0.05, 0.1) is 17.7 Å². The summed E-state index contributed by atoms with van der Waals surface area (Å²) in [5, 5.41) is 10.9. The van der Waals surface area contributed by atoms with Gasteiger partial charge in [-0.3, -0.25) is 4.79 Å². The van der Waals surface area contributed by atoms with Crippen molar-refractivity contribution in [2.24, 2.45) is 5.73 Å². The molecule has 1 amide bonds. The summed E-state index contributed by atoms with van der Waals surface area (Å²) in [6.07, 6.45) is -4.74. The van der Waals surface area contributed by atoms with E-state index in [-0.39, 0.29) is 12.3 Å². The molecule has 0 saturated carbocycles. The summed E-state index contributed by atoms with van der Waals surface area (Å²) in [6.45, 7) is -0.128. The molecule has 1 atom stereocenters. The largest absolute Gasteiger partial charge is 0.478 e. The molecule has 0 aliphatic heterocycles. The van der Waals surface area contributed by atoms with E-state index in [2.05, 4.69) is 10.1 Å². The Kier molecular flexibility index (Phi) is 5.28. The summed E-state index contributed by atoms with van der Waals surface area (Å²) >= 11 is 0. The number of anilines is 1. The molecule has 1 unspecified atom stereocenters. The lowest BCUT2D eigenvalue weighted by Crippen LogP contribution is -2.39. The minimum absolute atomic E-state index is 0.128. The molecular formula is C12H13F3N2O4. The number of carboxylic acids is 1. The Hall–Kier alpha value is -2.13. The molecule has 0 aliphatic carbocycles. The van der Waals surface area contributed by atoms with Crippen molar-refractivity contribution >= 4 is 17.6 Å². The molecule has 21 heavy (non-hydrogen) atoms. The Morgan fingerprint density at radius 3 is 2.48 bits per heavy atom. The molecule has 0 fully saturated rings. The van der Waals surface area contributed by atoms with Crippen molar-refractivity contribution in [1.82, 2.24) is 0 Å². The highest BCUT2D eigenvalue weighted by molar-refractivity contribution is 5.96. The third-order valence-electron chi connectivity index (χ3n) is 2.46. The van der Waals surface area contributed by atoms with Crippen LogP contribution in [0.5, 0.6) is 0 Å². The minimum Gasteiger partial charge on any atom is -0.478 e. The van der Waals surface area contributed by atoms with Crippen LogP contribution < -0.4 is 11.1 Å². The van der Waals surface area contributed by atoms with Crippen LogP contribution in [0, 0.1) is 0 Å². The smallest absolute Gasteiger partial charge is 0.416 e. The van der Waals surface area contributed by atoms with Gasteiger partial charge in [0.2, 0.25) is 5.91 Å². The number of benzene rings is 1. The lowest BCUT2D eigenvalue weighted by atomic mass is 10.1. The lowest BCUT2D eigenvalue weighted by molar-refractivity contribution is -0.137. The summed E-state index contributed by atoms with van der Waals surface area (Å²) in [5.74, 6) is -2.33. The Morgan fingerprint density at radius 2 is 2.00 bits per heavy atom. The normalized spacial score (nSPS) is 12.8. The number of amides is 1. The molecule has 0 heterocycles. The first-order valence-corrected chi connectivity index (χ1v) is 5.66. The van der Waals surface area contributed by atoms with Crippen LogP contribution in [0.4, 0.5) is 18.9 Å². The topological polar surface area (TPSA) is 102 Å². The molecule has 0 saturated heterocycles. The van der Waals surface area contributed by atoms with Crippen molar-refractivity contribution in [2.75, 3.05) is 19.0 Å². The number of halogens is 3. The maximum absolute atomic E-state index is 12.7. The van der Waals surface area contributed by atoms with Gasteiger partial charge < -0.3 is 20.9 Å². The van der Waals surface area contributed by atoms with Crippen molar-refractivity contribution in [3.8, 4) is 0 Å². The van der Waals surface area contributed by atoms with E-state index in [1.54, 1.807) is 0 Å². The summed E-state index contributed by atoms with van der Waals surface area (Å²) in [6, 6.07) is 0.934. The second-order valence-corrected chi connectivity index (χ2v) is 4.15. The van der Waals surface area contributed by atoms with E-state index in [1.165, 1.54) is 7.11 Å². The van der Waals surface area contributed by atoms with Crippen molar-refractivity contribution in [2.45, 2.75) is 12.2 Å². The lowest BCUT2D eigenvalue weighted by Gasteiger charge is -2.14. The first-order chi connectivity index (χ1) is 9.65. The van der Waals surface area contributed by atoms with E-state index in [9.17, 15) is 22.8 Å². The molecule has 1 rings (SSSR count). The van der Waals surface area contributed by atoms with Crippen LogP contribution in [-0.4, -0.2) is 36.7 Å². The van der Waals surface area contributed by atoms with Gasteiger partial charge in [0.15, 0.2) is 0 Å². The maximum Gasteiger partial charge on any atom is 0.416 e. The third kappa shape index (κ3) is 4.72. The average Bonchev–Trinajstić information content (AvgIpc) is 2.37. The Bertz CT molecular complexity index is 546. The predicted molar refractivity (Wildman–Crippen MR) is 66.9 cm³/mol. The number of carbonyl (C=O) groups excluding carboxylic acids is 1. The van der Waals surface area contributed by atoms with Crippen LogP contribution in [0.2, 0.25) is 0 Å². The summed E-state index contributed by atoms with van der Waals surface area (Å²) < 4.78 is 42.7. The van der Waals surface area contributed by atoms with Gasteiger partial charge >= 0.3 is 12.1 Å². The first-order valence-electron chi connectivity index (χ1n) is 5.66. The molecule has 4 N–H and O–H groups in total. The van der Waals surface area contributed by atoms with Crippen molar-refractivity contribution in [3.63, 3.8) is 0 Å². The van der Waals surface area contributed by atoms with Crippen LogP contribution in [-0.2, 0) is 15.7 Å². The van der Waals surface area contributed by atoms with Crippen LogP contribution in [0.15, 0.2) is 18.2 Å². The van der Waals surface area contributed by atoms with Gasteiger partial charge in [0.25, 0.3) is 0 Å². The number of hydrogen-bond donors (Lipinski definition) is 3. The molecule has 1 aromatic carbocycles. The molecule has 6 nitrogen and oxygen atoms in total. The number of aromatic carboxylic acids is 1. The highest BCUT2D eigenvalue weighted by Gasteiger charge is 2.32. The predicted octanol–water partition coefficient (Wildman–Crippen LogP) is 1.32. The maximum atomic E-state index is 12.7. The van der Waals surface area contributed by atoms with E-state index in [1.807, 2.05) is 0 Å². The van der Waals surface area contributed by atoms with Gasteiger partial charge in [-0.25, -0.2) is 4.79 Å².